The average molecular weight is 418 g/mol. The number of guanidine groups is 1. The minimum Gasteiger partial charge on any atom is -0.355 e. The molecule has 6 nitrogen and oxygen atoms in total. The number of likely N-dealkylation sites (N-methyl/N-ethyl adjacent to an activating group) is 1. The Labute approximate surface area is 139 Å². The van der Waals surface area contributed by atoms with Crippen molar-refractivity contribution in [3.63, 3.8) is 0 Å². The summed E-state index contributed by atoms with van der Waals surface area (Å²) in [4.78, 5) is 6.28. The SMILES string of the molecule is CN=C(NCC(C)(C)N(C)C)NC1CCS(=O)(=O)C1.I. The van der Waals surface area contributed by atoms with Crippen molar-refractivity contribution in [3.8, 4) is 0 Å². The van der Waals surface area contributed by atoms with E-state index in [1.54, 1.807) is 7.05 Å². The lowest BCUT2D eigenvalue weighted by Crippen LogP contribution is -2.52. The molecule has 0 spiro atoms. The van der Waals surface area contributed by atoms with E-state index in [0.29, 0.717) is 12.4 Å². The first-order valence-corrected chi connectivity index (χ1v) is 8.33. The summed E-state index contributed by atoms with van der Waals surface area (Å²) < 4.78 is 22.8. The van der Waals surface area contributed by atoms with Crippen molar-refractivity contribution in [2.24, 2.45) is 4.99 Å². The molecule has 1 atom stereocenters. The zero-order valence-corrected chi connectivity index (χ0v) is 16.1. The maximum absolute atomic E-state index is 11.4. The monoisotopic (exact) mass is 418 g/mol. The van der Waals surface area contributed by atoms with Crippen molar-refractivity contribution in [2.45, 2.75) is 31.8 Å². The van der Waals surface area contributed by atoms with Crippen LogP contribution in [0.15, 0.2) is 4.99 Å². The van der Waals surface area contributed by atoms with Crippen LogP contribution in [0.3, 0.4) is 0 Å². The zero-order valence-electron chi connectivity index (χ0n) is 12.9. The van der Waals surface area contributed by atoms with Gasteiger partial charge in [-0.2, -0.15) is 0 Å². The maximum Gasteiger partial charge on any atom is 0.191 e. The van der Waals surface area contributed by atoms with Gasteiger partial charge < -0.3 is 15.5 Å². The van der Waals surface area contributed by atoms with Gasteiger partial charge in [0, 0.05) is 25.2 Å². The largest absolute Gasteiger partial charge is 0.355 e. The number of nitrogens with zero attached hydrogens (tertiary/aromatic N) is 2. The predicted octanol–water partition coefficient (Wildman–Crippen LogP) is 0.297. The van der Waals surface area contributed by atoms with Crippen LogP contribution in [-0.2, 0) is 9.84 Å². The second kappa shape index (κ2) is 7.79. The van der Waals surface area contributed by atoms with Crippen LogP contribution in [0.1, 0.15) is 20.3 Å². The second-order valence-electron chi connectivity index (χ2n) is 5.88. The topological polar surface area (TPSA) is 73.8 Å². The van der Waals surface area contributed by atoms with Crippen molar-refractivity contribution in [1.29, 1.82) is 0 Å². The molecule has 8 heteroatoms. The summed E-state index contributed by atoms with van der Waals surface area (Å²) in [6.07, 6.45) is 0.653. The van der Waals surface area contributed by atoms with Gasteiger partial charge in [0.05, 0.1) is 11.5 Å². The predicted molar refractivity (Wildman–Crippen MR) is 94.7 cm³/mol. The van der Waals surface area contributed by atoms with Crippen LogP contribution < -0.4 is 10.6 Å². The van der Waals surface area contributed by atoms with Crippen molar-refractivity contribution >= 4 is 39.8 Å². The Morgan fingerprint density at radius 3 is 2.40 bits per heavy atom. The molecular weight excluding hydrogens is 391 g/mol. The molecule has 0 saturated carbocycles. The van der Waals surface area contributed by atoms with E-state index in [0.717, 1.165) is 6.54 Å². The summed E-state index contributed by atoms with van der Waals surface area (Å²) in [6, 6.07) is -0.0290. The van der Waals surface area contributed by atoms with Gasteiger partial charge in [0.1, 0.15) is 0 Å². The Morgan fingerprint density at radius 2 is 2.00 bits per heavy atom. The highest BCUT2D eigenvalue weighted by atomic mass is 127. The van der Waals surface area contributed by atoms with E-state index in [9.17, 15) is 8.42 Å². The fourth-order valence-corrected chi connectivity index (χ4v) is 3.43. The summed E-state index contributed by atoms with van der Waals surface area (Å²) in [5.74, 6) is 1.13. The van der Waals surface area contributed by atoms with Crippen LogP contribution in [0.25, 0.3) is 0 Å². The van der Waals surface area contributed by atoms with Gasteiger partial charge in [-0.15, -0.1) is 24.0 Å². The van der Waals surface area contributed by atoms with Gasteiger partial charge >= 0.3 is 0 Å². The molecule has 1 unspecified atom stereocenters. The standard InChI is InChI=1S/C12H26N4O2S.HI/c1-12(2,16(4)5)9-14-11(13-3)15-10-6-7-19(17,18)8-10;/h10H,6-9H2,1-5H3,(H2,13,14,15);1H. The molecule has 0 aliphatic carbocycles. The van der Waals surface area contributed by atoms with Gasteiger partial charge in [-0.25, -0.2) is 8.42 Å². The average Bonchev–Trinajstić information content (AvgIpc) is 2.63. The molecule has 20 heavy (non-hydrogen) atoms. The number of halogens is 1. The molecule has 1 aliphatic heterocycles. The summed E-state index contributed by atoms with van der Waals surface area (Å²) in [5, 5.41) is 6.42. The highest BCUT2D eigenvalue weighted by Crippen LogP contribution is 2.11. The zero-order chi connectivity index (χ0) is 14.7. The lowest BCUT2D eigenvalue weighted by Gasteiger charge is -2.33. The number of hydrogen-bond acceptors (Lipinski definition) is 4. The molecule has 2 N–H and O–H groups in total. The fraction of sp³-hybridized carbons (Fsp3) is 0.917. The molecule has 0 amide bonds. The Kier molecular flexibility index (Phi) is 7.75. The number of aliphatic imine (C=N–C) groups is 1. The first-order valence-electron chi connectivity index (χ1n) is 6.51. The van der Waals surface area contributed by atoms with E-state index >= 15 is 0 Å². The van der Waals surface area contributed by atoms with E-state index < -0.39 is 9.84 Å². The molecule has 0 aromatic carbocycles. The molecular formula is C12H27IN4O2S. The highest BCUT2D eigenvalue weighted by molar-refractivity contribution is 14.0. The van der Waals surface area contributed by atoms with E-state index in [1.807, 2.05) is 14.1 Å². The number of rotatable bonds is 4. The summed E-state index contributed by atoms with van der Waals surface area (Å²) >= 11 is 0. The molecule has 120 valence electrons. The summed E-state index contributed by atoms with van der Waals surface area (Å²) in [6.45, 7) is 5.00. The molecule has 1 heterocycles. The first kappa shape index (κ1) is 19.9. The van der Waals surface area contributed by atoms with Crippen LogP contribution in [0.2, 0.25) is 0 Å². The van der Waals surface area contributed by atoms with Crippen molar-refractivity contribution in [3.05, 3.63) is 0 Å². The highest BCUT2D eigenvalue weighted by Gasteiger charge is 2.28. The van der Waals surface area contributed by atoms with Crippen LogP contribution >= 0.6 is 24.0 Å². The van der Waals surface area contributed by atoms with Crippen molar-refractivity contribution in [1.82, 2.24) is 15.5 Å². The number of sulfone groups is 1. The third kappa shape index (κ3) is 6.13. The minimum atomic E-state index is -2.86. The van der Waals surface area contributed by atoms with E-state index in [4.69, 9.17) is 0 Å². The molecule has 1 aliphatic rings. The molecule has 0 aromatic heterocycles. The fourth-order valence-electron chi connectivity index (χ4n) is 1.75. The lowest BCUT2D eigenvalue weighted by molar-refractivity contribution is 0.197. The molecule has 1 fully saturated rings. The quantitative estimate of drug-likeness (QED) is 0.390. The van der Waals surface area contributed by atoms with Gasteiger partial charge in [0.15, 0.2) is 15.8 Å². The molecule has 1 saturated heterocycles. The third-order valence-electron chi connectivity index (χ3n) is 3.70. The smallest absolute Gasteiger partial charge is 0.191 e. The molecule has 0 radical (unpaired) electrons. The van der Waals surface area contributed by atoms with Crippen molar-refractivity contribution in [2.75, 3.05) is 39.2 Å². The minimum absolute atomic E-state index is 0. The van der Waals surface area contributed by atoms with Crippen LogP contribution in [0.4, 0.5) is 0 Å². The van der Waals surface area contributed by atoms with Crippen LogP contribution in [-0.4, -0.2) is 70.1 Å². The summed E-state index contributed by atoms with van der Waals surface area (Å²) in [7, 11) is 2.89. The van der Waals surface area contributed by atoms with Crippen LogP contribution in [0, 0.1) is 0 Å². The number of hydrogen-bond donors (Lipinski definition) is 2. The third-order valence-corrected chi connectivity index (χ3v) is 5.46. The van der Waals surface area contributed by atoms with Crippen LogP contribution in [0.5, 0.6) is 0 Å². The Hall–Kier alpha value is -0.0900. The second-order valence-corrected chi connectivity index (χ2v) is 8.11. The Bertz CT molecular complexity index is 435. The Morgan fingerprint density at radius 1 is 1.40 bits per heavy atom. The molecule has 0 aromatic rings. The first-order chi connectivity index (χ1) is 8.66. The molecule has 1 rings (SSSR count). The number of nitrogens with one attached hydrogen (secondary N) is 2. The van der Waals surface area contributed by atoms with Gasteiger partial charge in [0.2, 0.25) is 0 Å². The van der Waals surface area contributed by atoms with E-state index in [1.165, 1.54) is 0 Å². The normalized spacial score (nSPS) is 22.5. The van der Waals surface area contributed by atoms with Gasteiger partial charge in [-0.1, -0.05) is 0 Å². The Balaban J connectivity index is 0.00000361. The van der Waals surface area contributed by atoms with E-state index in [-0.39, 0.29) is 47.1 Å². The van der Waals surface area contributed by atoms with Gasteiger partial charge in [0.25, 0.3) is 0 Å². The van der Waals surface area contributed by atoms with E-state index in [2.05, 4.69) is 34.4 Å². The molecule has 0 bridgehead atoms. The lowest BCUT2D eigenvalue weighted by atomic mass is 10.0. The van der Waals surface area contributed by atoms with Crippen molar-refractivity contribution < 1.29 is 8.42 Å². The maximum atomic E-state index is 11.4. The summed E-state index contributed by atoms with van der Waals surface area (Å²) in [5.41, 5.74) is -0.000623. The van der Waals surface area contributed by atoms with Gasteiger partial charge in [-0.05, 0) is 34.4 Å². The van der Waals surface area contributed by atoms with Gasteiger partial charge in [-0.3, -0.25) is 4.99 Å².